The van der Waals surface area contributed by atoms with Crippen molar-refractivity contribution in [1.29, 1.82) is 0 Å². The molecule has 1 aromatic rings. The van der Waals surface area contributed by atoms with Crippen LogP contribution in [0.5, 0.6) is 0 Å². The molecule has 0 radical (unpaired) electrons. The Morgan fingerprint density at radius 1 is 1.09 bits per heavy atom. The maximum Gasteiger partial charge on any atom is 0.243 e. The molecule has 2 aliphatic heterocycles. The third-order valence-electron chi connectivity index (χ3n) is 8.55. The molecular formula is C28H50N8O9. The van der Waals surface area contributed by atoms with Crippen LogP contribution in [0.1, 0.15) is 52.1 Å². The number of aromatic amines is 1. The molecule has 0 bridgehead atoms. The van der Waals surface area contributed by atoms with Crippen LogP contribution in [0, 0.1) is 0 Å². The molecular weight excluding hydrogens is 592 g/mol. The molecule has 3 heterocycles. The minimum absolute atomic E-state index is 0.0261. The summed E-state index contributed by atoms with van der Waals surface area (Å²) in [6.07, 6.45) is -2.51. The van der Waals surface area contributed by atoms with Gasteiger partial charge in [-0.25, -0.2) is 4.98 Å². The van der Waals surface area contributed by atoms with E-state index in [4.69, 9.17) is 41.9 Å². The predicted molar refractivity (Wildman–Crippen MR) is 159 cm³/mol. The van der Waals surface area contributed by atoms with Crippen LogP contribution >= 0.6 is 0 Å². The molecule has 45 heavy (non-hydrogen) atoms. The maximum atomic E-state index is 13.3. The lowest BCUT2D eigenvalue weighted by Gasteiger charge is -2.47. The lowest BCUT2D eigenvalue weighted by atomic mass is 9.84. The zero-order valence-electron chi connectivity index (χ0n) is 26.0. The van der Waals surface area contributed by atoms with Gasteiger partial charge in [0, 0.05) is 31.1 Å². The number of aliphatic hydroxyl groups excluding tert-OH is 2. The van der Waals surface area contributed by atoms with E-state index in [-0.39, 0.29) is 25.9 Å². The first-order chi connectivity index (χ1) is 21.1. The molecule has 17 nitrogen and oxygen atoms in total. The van der Waals surface area contributed by atoms with Crippen LogP contribution in [0.25, 0.3) is 0 Å². The molecule has 1 aliphatic carbocycles. The largest absolute Gasteiger partial charge is 0.388 e. The van der Waals surface area contributed by atoms with Gasteiger partial charge >= 0.3 is 0 Å². The summed E-state index contributed by atoms with van der Waals surface area (Å²) in [6.45, 7) is 4.78. The summed E-state index contributed by atoms with van der Waals surface area (Å²) in [4.78, 5) is 32.6. The zero-order valence-corrected chi connectivity index (χ0v) is 26.0. The third-order valence-corrected chi connectivity index (χ3v) is 8.55. The average molecular weight is 643 g/mol. The van der Waals surface area contributed by atoms with E-state index >= 15 is 0 Å². The fraction of sp³-hybridized carbons (Fsp3) is 0.821. The van der Waals surface area contributed by atoms with Gasteiger partial charge in [0.2, 0.25) is 11.8 Å². The van der Waals surface area contributed by atoms with Gasteiger partial charge in [0.25, 0.3) is 0 Å². The number of ether oxygens (including phenoxy) is 4. The van der Waals surface area contributed by atoms with Gasteiger partial charge in [-0.1, -0.05) is 0 Å². The fourth-order valence-electron chi connectivity index (χ4n) is 5.93. The highest BCUT2D eigenvalue weighted by Gasteiger charge is 2.48. The molecule has 0 spiro atoms. The van der Waals surface area contributed by atoms with Crippen LogP contribution in [-0.2, 0) is 35.0 Å². The van der Waals surface area contributed by atoms with Gasteiger partial charge in [-0.3, -0.25) is 9.59 Å². The summed E-state index contributed by atoms with van der Waals surface area (Å²) in [5.41, 5.74) is 24.1. The summed E-state index contributed by atoms with van der Waals surface area (Å²) in [6, 6.07) is -4.17. The Hall–Kier alpha value is -2.29. The van der Waals surface area contributed by atoms with E-state index in [0.717, 1.165) is 0 Å². The number of rotatable bonds is 11. The SMILES string of the molecule is CC(N)C(=O)NC(Cc1c[nH]cn1)C(=O)NC(C)C1CC[C@@H](N)[C@@H](O[C@H]2[C@H](O)[C@@H](O[C@H]3OC[C@](C)(O)C[C@H]3O)[C@H](N)C[C@@H]2N)O1. The Bertz CT molecular complexity index is 1110. The number of aliphatic hydroxyl groups is 3. The van der Waals surface area contributed by atoms with E-state index in [1.807, 2.05) is 0 Å². The Balaban J connectivity index is 1.37. The molecule has 4 unspecified atom stereocenters. The molecule has 14 N–H and O–H groups in total. The second kappa shape index (κ2) is 15.1. The summed E-state index contributed by atoms with van der Waals surface area (Å²) in [7, 11) is 0. The zero-order chi connectivity index (χ0) is 33.1. The fourth-order valence-corrected chi connectivity index (χ4v) is 5.93. The van der Waals surface area contributed by atoms with E-state index in [2.05, 4.69) is 20.6 Å². The van der Waals surface area contributed by atoms with Crippen molar-refractivity contribution in [2.75, 3.05) is 6.61 Å². The van der Waals surface area contributed by atoms with Crippen molar-refractivity contribution in [2.24, 2.45) is 22.9 Å². The third kappa shape index (κ3) is 9.17. The highest BCUT2D eigenvalue weighted by atomic mass is 16.7. The van der Waals surface area contributed by atoms with Crippen LogP contribution in [0.2, 0.25) is 0 Å². The molecule has 1 saturated carbocycles. The number of carbonyl (C=O) groups is 2. The molecule has 3 aliphatic rings. The number of hydrogen-bond donors (Lipinski definition) is 10. The number of aromatic nitrogens is 2. The number of nitrogens with one attached hydrogen (secondary N) is 3. The highest BCUT2D eigenvalue weighted by Crippen LogP contribution is 2.31. The van der Waals surface area contributed by atoms with Crippen LogP contribution in [0.3, 0.4) is 0 Å². The van der Waals surface area contributed by atoms with Crippen LogP contribution < -0.4 is 33.6 Å². The van der Waals surface area contributed by atoms with Crippen molar-refractivity contribution in [1.82, 2.24) is 20.6 Å². The van der Waals surface area contributed by atoms with E-state index in [9.17, 15) is 24.9 Å². The van der Waals surface area contributed by atoms with Crippen LogP contribution in [0.4, 0.5) is 0 Å². The monoisotopic (exact) mass is 642 g/mol. The maximum absolute atomic E-state index is 13.3. The second-order valence-corrected chi connectivity index (χ2v) is 12.9. The van der Waals surface area contributed by atoms with Gasteiger partial charge < -0.3 is 72.8 Å². The normalized spacial score (nSPS) is 39.4. The average Bonchev–Trinajstić information content (AvgIpc) is 3.47. The van der Waals surface area contributed by atoms with Gasteiger partial charge in [0.1, 0.15) is 30.5 Å². The predicted octanol–water partition coefficient (Wildman–Crippen LogP) is -3.83. The minimum atomic E-state index is -1.31. The standard InChI is InChI=1S/C28H50N8O9/c1-12(29)24(39)36-18(6-14-9-33-11-34-14)25(40)35-13(2)20-5-4-15(30)26(43-20)44-22-16(31)7-17(32)23(21(22)38)45-27-19(37)8-28(3,41)10-42-27/h9,11-13,15-23,26-27,37-38,41H,4-8,10,29-32H2,1-3H3,(H,33,34)(H,35,40)(H,36,39)/t12?,13?,15-,16+,17-,18?,19-,20?,21+,22-,23+,26-,27-,28-/m1/s1. The molecule has 14 atom stereocenters. The first-order valence-electron chi connectivity index (χ1n) is 15.4. The number of nitrogens with zero attached hydrogens (tertiary/aromatic N) is 1. The van der Waals surface area contributed by atoms with E-state index in [1.54, 1.807) is 20.0 Å². The molecule has 0 aromatic carbocycles. The van der Waals surface area contributed by atoms with Crippen LogP contribution in [-0.4, -0.2) is 129 Å². The number of amides is 2. The lowest BCUT2D eigenvalue weighted by molar-refractivity contribution is -0.301. The first kappa shape index (κ1) is 35.6. The van der Waals surface area contributed by atoms with E-state index in [0.29, 0.717) is 18.5 Å². The topological polar surface area (TPSA) is 289 Å². The van der Waals surface area contributed by atoms with Gasteiger partial charge in [-0.2, -0.15) is 0 Å². The summed E-state index contributed by atoms with van der Waals surface area (Å²) < 4.78 is 23.8. The van der Waals surface area contributed by atoms with Crippen molar-refractivity contribution < 1.29 is 43.9 Å². The Morgan fingerprint density at radius 2 is 1.76 bits per heavy atom. The summed E-state index contributed by atoms with van der Waals surface area (Å²) in [5, 5.41) is 37.5. The molecule has 4 rings (SSSR count). The molecule has 2 amide bonds. The Labute approximate surface area is 262 Å². The van der Waals surface area contributed by atoms with Crippen LogP contribution in [0.15, 0.2) is 12.5 Å². The van der Waals surface area contributed by atoms with Crippen molar-refractivity contribution >= 4 is 11.8 Å². The van der Waals surface area contributed by atoms with Gasteiger partial charge in [0.05, 0.1) is 48.5 Å². The lowest BCUT2D eigenvalue weighted by Crippen LogP contribution is -2.66. The molecule has 256 valence electrons. The van der Waals surface area contributed by atoms with E-state index < -0.39 is 96.8 Å². The van der Waals surface area contributed by atoms with Gasteiger partial charge in [0.15, 0.2) is 12.6 Å². The number of nitrogens with two attached hydrogens (primary N) is 4. The summed E-state index contributed by atoms with van der Waals surface area (Å²) >= 11 is 0. The Morgan fingerprint density at radius 3 is 2.36 bits per heavy atom. The smallest absolute Gasteiger partial charge is 0.243 e. The number of H-pyrrole nitrogens is 1. The van der Waals surface area contributed by atoms with Gasteiger partial charge in [-0.05, 0) is 40.0 Å². The number of hydrogen-bond acceptors (Lipinski definition) is 14. The summed E-state index contributed by atoms with van der Waals surface area (Å²) in [5.74, 6) is -0.921. The van der Waals surface area contributed by atoms with Crippen molar-refractivity contribution in [3.63, 3.8) is 0 Å². The van der Waals surface area contributed by atoms with Crippen molar-refractivity contribution in [2.45, 2.75) is 138 Å². The number of carbonyl (C=O) groups excluding carboxylic acids is 2. The van der Waals surface area contributed by atoms with Crippen molar-refractivity contribution in [3.8, 4) is 0 Å². The Kier molecular flexibility index (Phi) is 11.9. The quantitative estimate of drug-likeness (QED) is 0.111. The highest BCUT2D eigenvalue weighted by molar-refractivity contribution is 5.89. The van der Waals surface area contributed by atoms with Crippen molar-refractivity contribution in [3.05, 3.63) is 18.2 Å². The molecule has 3 fully saturated rings. The molecule has 1 aromatic heterocycles. The minimum Gasteiger partial charge on any atom is -0.388 e. The first-order valence-corrected chi connectivity index (χ1v) is 15.4. The van der Waals surface area contributed by atoms with E-state index in [1.165, 1.54) is 13.3 Å². The van der Waals surface area contributed by atoms with Gasteiger partial charge in [-0.15, -0.1) is 0 Å². The molecule has 2 saturated heterocycles. The second-order valence-electron chi connectivity index (χ2n) is 12.9. The molecule has 17 heteroatoms. The number of imidazole rings is 1.